The minimum absolute atomic E-state index is 0.100. The number of rotatable bonds is 2. The van der Waals surface area contributed by atoms with Gasteiger partial charge in [0, 0.05) is 32.1 Å². The van der Waals surface area contributed by atoms with Gasteiger partial charge in [0.25, 0.3) is 5.91 Å². The van der Waals surface area contributed by atoms with Crippen molar-refractivity contribution in [3.05, 3.63) is 23.9 Å². The molecular formula is C15H19N5O3. The van der Waals surface area contributed by atoms with E-state index in [1.54, 1.807) is 18.3 Å². The van der Waals surface area contributed by atoms with E-state index in [1.165, 1.54) is 4.52 Å². The molecule has 2 aromatic heterocycles. The summed E-state index contributed by atoms with van der Waals surface area (Å²) in [6.45, 7) is 2.14. The molecule has 1 amide bonds. The quantitative estimate of drug-likeness (QED) is 0.871. The summed E-state index contributed by atoms with van der Waals surface area (Å²) in [7, 11) is 0. The molecule has 0 radical (unpaired) electrons. The molecule has 2 saturated heterocycles. The van der Waals surface area contributed by atoms with Crippen molar-refractivity contribution < 1.29 is 14.3 Å². The van der Waals surface area contributed by atoms with E-state index in [2.05, 4.69) is 20.8 Å². The van der Waals surface area contributed by atoms with E-state index in [4.69, 9.17) is 9.47 Å². The number of fused-ring (bicyclic) bond motifs is 1. The molecule has 2 aliphatic rings. The lowest BCUT2D eigenvalue weighted by Crippen LogP contribution is -2.51. The van der Waals surface area contributed by atoms with Crippen molar-refractivity contribution in [3.8, 4) is 0 Å². The maximum Gasteiger partial charge on any atom is 0.253 e. The van der Waals surface area contributed by atoms with Crippen LogP contribution in [-0.4, -0.2) is 57.4 Å². The number of pyridine rings is 1. The smallest absolute Gasteiger partial charge is 0.253 e. The first kappa shape index (κ1) is 14.5. The summed E-state index contributed by atoms with van der Waals surface area (Å²) in [5.41, 5.74) is 1.04. The molecule has 0 bridgehead atoms. The van der Waals surface area contributed by atoms with Crippen LogP contribution in [0.1, 0.15) is 36.0 Å². The lowest BCUT2D eigenvalue weighted by atomic mass is 9.84. The zero-order valence-corrected chi connectivity index (χ0v) is 12.8. The first-order chi connectivity index (χ1) is 11.2. The number of aromatic nitrogens is 4. The van der Waals surface area contributed by atoms with Gasteiger partial charge in [-0.15, -0.1) is 5.10 Å². The fraction of sp³-hybridized carbons (Fsp3) is 0.600. The second kappa shape index (κ2) is 5.86. The van der Waals surface area contributed by atoms with Crippen molar-refractivity contribution in [2.75, 3.05) is 19.8 Å². The Kier molecular flexibility index (Phi) is 3.70. The van der Waals surface area contributed by atoms with Gasteiger partial charge in [0.1, 0.15) is 0 Å². The highest BCUT2D eigenvalue weighted by Gasteiger charge is 2.39. The molecule has 2 aromatic rings. The zero-order chi connectivity index (χ0) is 15.7. The number of ether oxygens (including phenoxy) is 2. The van der Waals surface area contributed by atoms with Gasteiger partial charge in [-0.1, -0.05) is 0 Å². The Morgan fingerprint density at radius 3 is 3.04 bits per heavy atom. The molecule has 8 nitrogen and oxygen atoms in total. The van der Waals surface area contributed by atoms with Crippen molar-refractivity contribution >= 4 is 11.6 Å². The third-order valence-corrected chi connectivity index (χ3v) is 4.69. The summed E-state index contributed by atoms with van der Waals surface area (Å²) in [6.07, 6.45) is 5.12. The van der Waals surface area contributed by atoms with Crippen molar-refractivity contribution in [2.24, 2.45) is 0 Å². The van der Waals surface area contributed by atoms with Crippen LogP contribution in [0.15, 0.2) is 18.3 Å². The van der Waals surface area contributed by atoms with Crippen LogP contribution < -0.4 is 5.32 Å². The Balaban J connectivity index is 1.45. The lowest BCUT2D eigenvalue weighted by Gasteiger charge is -2.43. The monoisotopic (exact) mass is 317 g/mol. The molecule has 23 heavy (non-hydrogen) atoms. The molecule has 1 unspecified atom stereocenters. The second-order valence-electron chi connectivity index (χ2n) is 6.21. The lowest BCUT2D eigenvalue weighted by molar-refractivity contribution is -0.139. The maximum absolute atomic E-state index is 12.5. The molecule has 122 valence electrons. The third-order valence-electron chi connectivity index (χ3n) is 4.69. The minimum Gasteiger partial charge on any atom is -0.381 e. The predicted molar refractivity (Wildman–Crippen MR) is 80.0 cm³/mol. The molecule has 0 aliphatic carbocycles. The number of carbonyl (C=O) groups excluding carboxylic acids is 1. The van der Waals surface area contributed by atoms with E-state index in [1.807, 2.05) is 0 Å². The fourth-order valence-corrected chi connectivity index (χ4v) is 3.39. The van der Waals surface area contributed by atoms with Crippen LogP contribution in [-0.2, 0) is 9.47 Å². The van der Waals surface area contributed by atoms with E-state index >= 15 is 0 Å². The molecule has 2 fully saturated rings. The van der Waals surface area contributed by atoms with Crippen LogP contribution in [0.5, 0.6) is 0 Å². The summed E-state index contributed by atoms with van der Waals surface area (Å²) in [6, 6.07) is 3.60. The molecule has 2 aliphatic heterocycles. The molecule has 0 aromatic carbocycles. The van der Waals surface area contributed by atoms with Gasteiger partial charge in [0.05, 0.1) is 11.2 Å². The van der Waals surface area contributed by atoms with Crippen LogP contribution in [0.25, 0.3) is 5.65 Å². The van der Waals surface area contributed by atoms with Gasteiger partial charge in [-0.05, 0) is 48.2 Å². The van der Waals surface area contributed by atoms with Crippen LogP contribution >= 0.6 is 0 Å². The van der Waals surface area contributed by atoms with Crippen LogP contribution in [0.2, 0.25) is 0 Å². The Hall–Kier alpha value is -2.06. The maximum atomic E-state index is 12.5. The number of nitrogens with zero attached hydrogens (tertiary/aromatic N) is 4. The average Bonchev–Trinajstić information content (AvgIpc) is 3.03. The van der Waals surface area contributed by atoms with E-state index in [0.29, 0.717) is 17.8 Å². The number of nitrogens with one attached hydrogen (secondary N) is 1. The van der Waals surface area contributed by atoms with Crippen molar-refractivity contribution in [1.82, 2.24) is 25.4 Å². The first-order valence-corrected chi connectivity index (χ1v) is 7.94. The molecule has 0 saturated carbocycles. The average molecular weight is 317 g/mol. The molecule has 4 rings (SSSR count). The Morgan fingerprint density at radius 2 is 2.17 bits per heavy atom. The molecule has 1 atom stereocenters. The number of hydrogen-bond donors (Lipinski definition) is 1. The number of tetrazole rings is 1. The zero-order valence-electron chi connectivity index (χ0n) is 12.8. The third kappa shape index (κ3) is 2.91. The van der Waals surface area contributed by atoms with Crippen LogP contribution in [0.4, 0.5) is 0 Å². The highest BCUT2D eigenvalue weighted by atomic mass is 16.5. The van der Waals surface area contributed by atoms with Gasteiger partial charge in [-0.3, -0.25) is 4.79 Å². The van der Waals surface area contributed by atoms with Gasteiger partial charge < -0.3 is 14.8 Å². The Labute approximate surface area is 133 Å². The first-order valence-electron chi connectivity index (χ1n) is 7.94. The topological polar surface area (TPSA) is 90.6 Å². The van der Waals surface area contributed by atoms with E-state index in [9.17, 15) is 4.79 Å². The highest BCUT2D eigenvalue weighted by molar-refractivity contribution is 5.94. The van der Waals surface area contributed by atoms with E-state index < -0.39 is 0 Å². The van der Waals surface area contributed by atoms with Crippen molar-refractivity contribution in [1.29, 1.82) is 0 Å². The van der Waals surface area contributed by atoms with Crippen LogP contribution in [0.3, 0.4) is 0 Å². The minimum atomic E-state index is -0.131. The number of hydrogen-bond acceptors (Lipinski definition) is 6. The van der Waals surface area contributed by atoms with Gasteiger partial charge in [-0.25, -0.2) is 0 Å². The highest BCUT2D eigenvalue weighted by Crippen LogP contribution is 2.34. The fourth-order valence-electron chi connectivity index (χ4n) is 3.39. The van der Waals surface area contributed by atoms with Crippen LogP contribution in [0, 0.1) is 0 Å². The SMILES string of the molecule is O=C(NC1CCOC2(CCOCC2)C1)c1ccc2nnnn2c1. The number of carbonyl (C=O) groups is 1. The standard InChI is InChI=1S/C15H19N5O3/c21-14(11-1-2-13-17-18-19-20(13)10-11)16-12-3-6-23-15(9-12)4-7-22-8-5-15/h1-2,10,12H,3-9H2,(H,16,21). The van der Waals surface area contributed by atoms with Crippen molar-refractivity contribution in [2.45, 2.75) is 37.3 Å². The summed E-state index contributed by atoms with van der Waals surface area (Å²) >= 11 is 0. The van der Waals surface area contributed by atoms with Gasteiger partial charge in [0.2, 0.25) is 0 Å². The van der Waals surface area contributed by atoms with Gasteiger partial charge in [-0.2, -0.15) is 4.52 Å². The summed E-state index contributed by atoms with van der Waals surface area (Å²) in [5.74, 6) is -0.100. The molecule has 1 N–H and O–H groups in total. The van der Waals surface area contributed by atoms with Gasteiger partial charge in [0.15, 0.2) is 5.65 Å². The normalized spacial score (nSPS) is 23.9. The molecule has 4 heterocycles. The summed E-state index contributed by atoms with van der Waals surface area (Å²) < 4.78 is 12.9. The van der Waals surface area contributed by atoms with Gasteiger partial charge >= 0.3 is 0 Å². The Morgan fingerprint density at radius 1 is 1.30 bits per heavy atom. The Bertz CT molecular complexity index is 704. The molecular weight excluding hydrogens is 298 g/mol. The largest absolute Gasteiger partial charge is 0.381 e. The summed E-state index contributed by atoms with van der Waals surface area (Å²) in [4.78, 5) is 12.5. The summed E-state index contributed by atoms with van der Waals surface area (Å²) in [5, 5.41) is 14.4. The molecule has 1 spiro atoms. The van der Waals surface area contributed by atoms with E-state index in [-0.39, 0.29) is 17.6 Å². The van der Waals surface area contributed by atoms with Crippen molar-refractivity contribution in [3.63, 3.8) is 0 Å². The predicted octanol–water partition coefficient (Wildman–Crippen LogP) is 0.582. The second-order valence-corrected chi connectivity index (χ2v) is 6.21. The number of amides is 1. The van der Waals surface area contributed by atoms with E-state index in [0.717, 1.165) is 38.9 Å². The molecule has 8 heteroatoms.